The molecule has 5 aliphatic carbocycles. The molecular weight excluding hydrogens is 392 g/mol. The van der Waals surface area contributed by atoms with Crippen LogP contribution < -0.4 is 0 Å². The van der Waals surface area contributed by atoms with E-state index in [1.54, 1.807) is 0 Å². The summed E-state index contributed by atoms with van der Waals surface area (Å²) < 4.78 is 0. The molecule has 0 aromatic rings. The number of allylic oxidation sites excluding steroid dienone is 1. The third kappa shape index (κ3) is 2.66. The minimum Gasteiger partial charge on any atom is -0.396 e. The van der Waals surface area contributed by atoms with Crippen LogP contribution in [0.3, 0.4) is 0 Å². The second-order valence-corrected chi connectivity index (χ2v) is 14.6. The van der Waals surface area contributed by atoms with E-state index in [0.29, 0.717) is 40.6 Å². The van der Waals surface area contributed by atoms with Crippen molar-refractivity contribution in [3.8, 4) is 0 Å². The lowest BCUT2D eigenvalue weighted by Crippen LogP contribution is -2.66. The van der Waals surface area contributed by atoms with E-state index in [9.17, 15) is 10.2 Å². The van der Waals surface area contributed by atoms with Crippen LogP contribution in [0.2, 0.25) is 0 Å². The molecule has 0 amide bonds. The molecule has 5 fully saturated rings. The van der Waals surface area contributed by atoms with Crippen LogP contribution in [0.25, 0.3) is 0 Å². The van der Waals surface area contributed by atoms with E-state index in [-0.39, 0.29) is 16.9 Å². The Morgan fingerprint density at radius 3 is 2.19 bits per heavy atom. The average Bonchev–Trinajstić information content (AvgIpc) is 3.12. The molecule has 0 spiro atoms. The Balaban J connectivity index is 1.55. The molecule has 0 bridgehead atoms. The van der Waals surface area contributed by atoms with Crippen molar-refractivity contribution in [2.75, 3.05) is 6.61 Å². The fraction of sp³-hybridized carbons (Fsp3) is 0.933. The molecule has 0 saturated heterocycles. The Kier molecular flexibility index (Phi) is 5.19. The van der Waals surface area contributed by atoms with Gasteiger partial charge in [0.1, 0.15) is 0 Å². The van der Waals surface area contributed by atoms with Crippen molar-refractivity contribution in [2.45, 2.75) is 112 Å². The Bertz CT molecular complexity index is 786. The molecule has 5 aliphatic rings. The maximum atomic E-state index is 10.9. The summed E-state index contributed by atoms with van der Waals surface area (Å²) in [5.41, 5.74) is 2.60. The van der Waals surface area contributed by atoms with E-state index in [1.807, 2.05) is 0 Å². The van der Waals surface area contributed by atoms with Gasteiger partial charge in [0.2, 0.25) is 0 Å². The molecule has 2 heteroatoms. The summed E-state index contributed by atoms with van der Waals surface area (Å²) in [4.78, 5) is 0. The van der Waals surface area contributed by atoms with Crippen molar-refractivity contribution in [3.63, 3.8) is 0 Å². The van der Waals surface area contributed by atoms with Gasteiger partial charge >= 0.3 is 0 Å². The third-order valence-corrected chi connectivity index (χ3v) is 13.5. The molecule has 0 aliphatic heterocycles. The van der Waals surface area contributed by atoms with Crippen molar-refractivity contribution >= 4 is 0 Å². The predicted molar refractivity (Wildman–Crippen MR) is 132 cm³/mol. The Labute approximate surface area is 197 Å². The second kappa shape index (κ2) is 7.09. The first kappa shape index (κ1) is 23.4. The van der Waals surface area contributed by atoms with Gasteiger partial charge in [-0.3, -0.25) is 0 Å². The monoisotopic (exact) mass is 442 g/mol. The van der Waals surface area contributed by atoms with E-state index in [4.69, 9.17) is 0 Å². The SMILES string of the molecule is C=C(C)C1CC[C@]2(CO)CC[C@]3(C)[C@H](CCC4[C@@]5(C)CC[C@H](O)C(C)(C)C5CC[C@]43C)C12. The molecule has 0 aromatic carbocycles. The van der Waals surface area contributed by atoms with E-state index in [2.05, 4.69) is 48.1 Å². The molecular formula is C30H50O2. The topological polar surface area (TPSA) is 40.5 Å². The van der Waals surface area contributed by atoms with Crippen molar-refractivity contribution < 1.29 is 10.2 Å². The van der Waals surface area contributed by atoms with Crippen molar-refractivity contribution in [1.82, 2.24) is 0 Å². The van der Waals surface area contributed by atoms with Crippen molar-refractivity contribution in [1.29, 1.82) is 0 Å². The molecule has 5 rings (SSSR count). The summed E-state index contributed by atoms with van der Waals surface area (Å²) in [5.74, 6) is 3.33. The summed E-state index contributed by atoms with van der Waals surface area (Å²) in [6.45, 7) is 19.7. The third-order valence-electron chi connectivity index (χ3n) is 13.5. The zero-order valence-corrected chi connectivity index (χ0v) is 21.8. The van der Waals surface area contributed by atoms with Crippen molar-refractivity contribution in [2.24, 2.45) is 56.7 Å². The average molecular weight is 443 g/mol. The summed E-state index contributed by atoms with van der Waals surface area (Å²) >= 11 is 0. The highest BCUT2D eigenvalue weighted by Gasteiger charge is 2.70. The minimum absolute atomic E-state index is 0.0290. The number of hydrogen-bond acceptors (Lipinski definition) is 2. The zero-order chi connectivity index (χ0) is 23.3. The fourth-order valence-electron chi connectivity index (χ4n) is 11.5. The number of aliphatic hydroxyl groups excluding tert-OH is 2. The van der Waals surface area contributed by atoms with E-state index in [1.165, 1.54) is 63.4 Å². The van der Waals surface area contributed by atoms with E-state index < -0.39 is 0 Å². The molecule has 0 heterocycles. The summed E-state index contributed by atoms with van der Waals surface area (Å²) in [7, 11) is 0. The molecule has 5 saturated carbocycles. The second-order valence-electron chi connectivity index (χ2n) is 14.6. The fourth-order valence-corrected chi connectivity index (χ4v) is 11.5. The molecule has 10 atom stereocenters. The van der Waals surface area contributed by atoms with Crippen LogP contribution in [-0.2, 0) is 0 Å². The quantitative estimate of drug-likeness (QED) is 0.452. The largest absolute Gasteiger partial charge is 0.396 e. The van der Waals surface area contributed by atoms with Gasteiger partial charge < -0.3 is 10.2 Å². The molecule has 182 valence electrons. The Hall–Kier alpha value is -0.340. The Morgan fingerprint density at radius 2 is 1.53 bits per heavy atom. The van der Waals surface area contributed by atoms with Gasteiger partial charge in [-0.25, -0.2) is 0 Å². The lowest BCUT2D eigenvalue weighted by Gasteiger charge is -2.73. The zero-order valence-electron chi connectivity index (χ0n) is 21.8. The van der Waals surface area contributed by atoms with Gasteiger partial charge in [-0.1, -0.05) is 46.8 Å². The highest BCUT2D eigenvalue weighted by Crippen LogP contribution is 2.77. The first-order valence-corrected chi connectivity index (χ1v) is 13.8. The maximum Gasteiger partial charge on any atom is 0.0594 e. The number of fused-ring (bicyclic) bond motifs is 7. The van der Waals surface area contributed by atoms with Crippen LogP contribution in [0.4, 0.5) is 0 Å². The van der Waals surface area contributed by atoms with Gasteiger partial charge in [0.05, 0.1) is 6.10 Å². The van der Waals surface area contributed by atoms with Gasteiger partial charge in [0, 0.05) is 6.61 Å². The first-order chi connectivity index (χ1) is 14.9. The molecule has 2 nitrogen and oxygen atoms in total. The van der Waals surface area contributed by atoms with Gasteiger partial charge in [-0.2, -0.15) is 0 Å². The van der Waals surface area contributed by atoms with Gasteiger partial charge in [-0.05, 0) is 128 Å². The van der Waals surface area contributed by atoms with Crippen LogP contribution in [0.15, 0.2) is 12.2 Å². The van der Waals surface area contributed by atoms with Crippen LogP contribution in [0.1, 0.15) is 106 Å². The highest BCUT2D eigenvalue weighted by atomic mass is 16.3. The predicted octanol–water partition coefficient (Wildman–Crippen LogP) is 7.00. The molecule has 2 N–H and O–H groups in total. The van der Waals surface area contributed by atoms with Crippen LogP contribution in [0.5, 0.6) is 0 Å². The van der Waals surface area contributed by atoms with Crippen molar-refractivity contribution in [3.05, 3.63) is 12.2 Å². The smallest absolute Gasteiger partial charge is 0.0594 e. The highest BCUT2D eigenvalue weighted by molar-refractivity contribution is 5.21. The summed E-state index contributed by atoms with van der Waals surface area (Å²) in [5, 5.41) is 21.5. The lowest BCUT2D eigenvalue weighted by atomic mass is 9.32. The normalized spacial score (nSPS) is 56.5. The molecule has 4 unspecified atom stereocenters. The summed E-state index contributed by atoms with van der Waals surface area (Å²) in [6, 6.07) is 0. The molecule has 0 aromatic heterocycles. The standard InChI is InChI=1S/C30H50O2/c1-19(2)20-10-15-30(18-31)17-16-28(6)21(25(20)30)8-9-23-27(5)13-12-24(32)26(3,4)22(27)11-14-29(23,28)7/h20-25,31-32H,1,8-18H2,2-7H3/t20?,21-,22?,23?,24+,25?,27+,28-,29-,30-/m1/s1. The number of hydrogen-bond donors (Lipinski definition) is 2. The van der Waals surface area contributed by atoms with Gasteiger partial charge in [0.15, 0.2) is 0 Å². The van der Waals surface area contributed by atoms with E-state index in [0.717, 1.165) is 18.3 Å². The maximum absolute atomic E-state index is 10.9. The summed E-state index contributed by atoms with van der Waals surface area (Å²) in [6.07, 6.45) is 12.2. The lowest BCUT2D eigenvalue weighted by molar-refractivity contribution is -0.249. The minimum atomic E-state index is -0.147. The van der Waals surface area contributed by atoms with Crippen LogP contribution in [0, 0.1) is 56.7 Å². The molecule has 32 heavy (non-hydrogen) atoms. The van der Waals surface area contributed by atoms with Crippen LogP contribution >= 0.6 is 0 Å². The van der Waals surface area contributed by atoms with Crippen LogP contribution in [-0.4, -0.2) is 22.9 Å². The van der Waals surface area contributed by atoms with Gasteiger partial charge in [0.25, 0.3) is 0 Å². The Morgan fingerprint density at radius 1 is 0.812 bits per heavy atom. The molecule has 0 radical (unpaired) electrons. The van der Waals surface area contributed by atoms with Gasteiger partial charge in [-0.15, -0.1) is 0 Å². The van der Waals surface area contributed by atoms with E-state index >= 15 is 0 Å². The number of rotatable bonds is 2. The number of aliphatic hydroxyl groups is 2. The first-order valence-electron chi connectivity index (χ1n) is 13.8.